The number of amides is 2. The molecule has 3 heterocycles. The number of ether oxygens (including phenoxy) is 2. The van der Waals surface area contributed by atoms with Crippen LogP contribution in [0, 0.1) is 5.92 Å². The summed E-state index contributed by atoms with van der Waals surface area (Å²) in [4.78, 5) is 34.6. The third-order valence-corrected chi connectivity index (χ3v) is 6.54. The van der Waals surface area contributed by atoms with Crippen molar-refractivity contribution in [3.63, 3.8) is 0 Å². The first-order valence-electron chi connectivity index (χ1n) is 10.2. The van der Waals surface area contributed by atoms with E-state index in [9.17, 15) is 9.59 Å². The molecule has 2 N–H and O–H groups in total. The zero-order valence-corrected chi connectivity index (χ0v) is 18.6. The van der Waals surface area contributed by atoms with E-state index in [0.29, 0.717) is 30.3 Å². The van der Waals surface area contributed by atoms with Crippen LogP contribution in [-0.2, 0) is 4.79 Å². The second kappa shape index (κ2) is 8.97. The van der Waals surface area contributed by atoms with Crippen molar-refractivity contribution in [3.05, 3.63) is 40.5 Å². The van der Waals surface area contributed by atoms with Gasteiger partial charge in [0.05, 0.1) is 25.8 Å². The first kappa shape index (κ1) is 21.2. The van der Waals surface area contributed by atoms with Gasteiger partial charge in [-0.1, -0.05) is 0 Å². The van der Waals surface area contributed by atoms with Gasteiger partial charge in [0.15, 0.2) is 0 Å². The maximum absolute atomic E-state index is 13.4. The lowest BCUT2D eigenvalue weighted by Gasteiger charge is -2.36. The highest BCUT2D eigenvalue weighted by molar-refractivity contribution is 7.09. The molecule has 0 radical (unpaired) electrons. The molecule has 0 spiro atoms. The Labute approximate surface area is 184 Å². The standard InChI is InChI=1S/C22H26N4O4S/c1-13(27)24-19(21-23-8-10-31-21)14-5-4-9-26(12-14)22(28)16-11-15-17(29-2)6-7-18(30-3)20(15)25-16/h6-8,10-11,14,19,25H,4-5,9,12H2,1-3H3,(H,24,27). The number of benzene rings is 1. The van der Waals surface area contributed by atoms with Crippen LogP contribution in [0.3, 0.4) is 0 Å². The molecule has 3 aromatic rings. The quantitative estimate of drug-likeness (QED) is 0.610. The van der Waals surface area contributed by atoms with Crippen molar-refractivity contribution < 1.29 is 19.1 Å². The molecule has 0 aliphatic carbocycles. The average Bonchev–Trinajstić information content (AvgIpc) is 3.46. The SMILES string of the molecule is COc1ccc(OC)c2[nH]c(C(=O)N3CCCC(C(NC(C)=O)c4nccs4)C3)cc12. The lowest BCUT2D eigenvalue weighted by molar-refractivity contribution is -0.120. The van der Waals surface area contributed by atoms with E-state index in [2.05, 4.69) is 15.3 Å². The Morgan fingerprint density at radius 3 is 2.74 bits per heavy atom. The number of thiazole rings is 1. The van der Waals surface area contributed by atoms with Crippen LogP contribution in [0.1, 0.15) is 41.3 Å². The molecular weight excluding hydrogens is 416 g/mol. The van der Waals surface area contributed by atoms with E-state index in [1.54, 1.807) is 20.4 Å². The van der Waals surface area contributed by atoms with Crippen molar-refractivity contribution in [3.8, 4) is 11.5 Å². The molecule has 4 rings (SSSR count). The summed E-state index contributed by atoms with van der Waals surface area (Å²) in [6.07, 6.45) is 3.53. The second-order valence-corrected chi connectivity index (χ2v) is 8.57. The van der Waals surface area contributed by atoms with Gasteiger partial charge in [0.25, 0.3) is 5.91 Å². The van der Waals surface area contributed by atoms with Crippen molar-refractivity contribution in [2.24, 2.45) is 5.92 Å². The van der Waals surface area contributed by atoms with Crippen LogP contribution in [0.5, 0.6) is 11.5 Å². The fourth-order valence-corrected chi connectivity index (χ4v) is 5.04. The van der Waals surface area contributed by atoms with Crippen LogP contribution >= 0.6 is 11.3 Å². The van der Waals surface area contributed by atoms with E-state index in [0.717, 1.165) is 28.8 Å². The minimum absolute atomic E-state index is 0.0780. The van der Waals surface area contributed by atoms with Gasteiger partial charge in [-0.15, -0.1) is 11.3 Å². The van der Waals surface area contributed by atoms with Gasteiger partial charge < -0.3 is 24.7 Å². The summed E-state index contributed by atoms with van der Waals surface area (Å²) >= 11 is 1.52. The summed E-state index contributed by atoms with van der Waals surface area (Å²) in [5, 5.41) is 6.61. The molecule has 2 unspecified atom stereocenters. The minimum Gasteiger partial charge on any atom is -0.496 e. The number of aromatic amines is 1. The zero-order valence-electron chi connectivity index (χ0n) is 17.8. The van der Waals surface area contributed by atoms with Gasteiger partial charge >= 0.3 is 0 Å². The average molecular weight is 443 g/mol. The van der Waals surface area contributed by atoms with Crippen LogP contribution < -0.4 is 14.8 Å². The van der Waals surface area contributed by atoms with Crippen LogP contribution in [0.4, 0.5) is 0 Å². The van der Waals surface area contributed by atoms with Crippen LogP contribution in [0.2, 0.25) is 0 Å². The van der Waals surface area contributed by atoms with Crippen molar-refractivity contribution in [1.82, 2.24) is 20.2 Å². The third kappa shape index (κ3) is 4.23. The smallest absolute Gasteiger partial charge is 0.270 e. The molecule has 1 fully saturated rings. The molecule has 1 aliphatic heterocycles. The number of rotatable bonds is 6. The number of carbonyl (C=O) groups excluding carboxylic acids is 2. The molecule has 0 saturated carbocycles. The topological polar surface area (TPSA) is 96.5 Å². The monoisotopic (exact) mass is 442 g/mol. The number of likely N-dealkylation sites (tertiary alicyclic amines) is 1. The first-order valence-corrected chi connectivity index (χ1v) is 11.1. The number of H-pyrrole nitrogens is 1. The number of hydrogen-bond donors (Lipinski definition) is 2. The highest BCUT2D eigenvalue weighted by atomic mass is 32.1. The van der Waals surface area contributed by atoms with Gasteiger partial charge in [0.1, 0.15) is 22.2 Å². The predicted octanol–water partition coefficient (Wildman–Crippen LogP) is 3.37. The second-order valence-electron chi connectivity index (χ2n) is 7.64. The third-order valence-electron chi connectivity index (χ3n) is 5.68. The Balaban J connectivity index is 1.59. The Hall–Kier alpha value is -3.07. The number of aromatic nitrogens is 2. The van der Waals surface area contributed by atoms with Gasteiger partial charge in [-0.05, 0) is 31.0 Å². The lowest BCUT2D eigenvalue weighted by Crippen LogP contribution is -2.45. The molecule has 8 nitrogen and oxygen atoms in total. The lowest BCUT2D eigenvalue weighted by atomic mass is 9.90. The van der Waals surface area contributed by atoms with E-state index in [-0.39, 0.29) is 23.8 Å². The molecule has 0 bridgehead atoms. The van der Waals surface area contributed by atoms with Crippen LogP contribution in [0.25, 0.3) is 10.9 Å². The van der Waals surface area contributed by atoms with E-state index in [4.69, 9.17) is 9.47 Å². The fourth-order valence-electron chi connectivity index (χ4n) is 4.26. The molecule has 164 valence electrons. The van der Waals surface area contributed by atoms with Crippen LogP contribution in [-0.4, -0.2) is 54.0 Å². The van der Waals surface area contributed by atoms with Crippen molar-refractivity contribution >= 4 is 34.1 Å². The number of fused-ring (bicyclic) bond motifs is 1. The maximum Gasteiger partial charge on any atom is 0.270 e. The van der Waals surface area contributed by atoms with Gasteiger partial charge in [0.2, 0.25) is 5.91 Å². The Kier molecular flexibility index (Phi) is 6.13. The molecular formula is C22H26N4O4S. The summed E-state index contributed by atoms with van der Waals surface area (Å²) < 4.78 is 10.9. The van der Waals surface area contributed by atoms with E-state index in [1.165, 1.54) is 18.3 Å². The molecule has 1 aliphatic rings. The number of hydrogen-bond acceptors (Lipinski definition) is 6. The number of nitrogens with one attached hydrogen (secondary N) is 2. The van der Waals surface area contributed by atoms with Crippen molar-refractivity contribution in [1.29, 1.82) is 0 Å². The van der Waals surface area contributed by atoms with Gasteiger partial charge in [-0.2, -0.15) is 0 Å². The molecule has 2 amide bonds. The van der Waals surface area contributed by atoms with Gasteiger partial charge in [0, 0.05) is 42.9 Å². The predicted molar refractivity (Wildman–Crippen MR) is 119 cm³/mol. The van der Waals surface area contributed by atoms with E-state index >= 15 is 0 Å². The fraction of sp³-hybridized carbons (Fsp3) is 0.409. The highest BCUT2D eigenvalue weighted by Crippen LogP contribution is 2.35. The first-order chi connectivity index (χ1) is 15.0. The van der Waals surface area contributed by atoms with E-state index < -0.39 is 0 Å². The molecule has 31 heavy (non-hydrogen) atoms. The Morgan fingerprint density at radius 1 is 1.29 bits per heavy atom. The summed E-state index contributed by atoms with van der Waals surface area (Å²) in [6, 6.07) is 5.26. The van der Waals surface area contributed by atoms with Crippen molar-refractivity contribution in [2.75, 3.05) is 27.3 Å². The summed E-state index contributed by atoms with van der Waals surface area (Å²) in [7, 11) is 3.20. The van der Waals surface area contributed by atoms with E-state index in [1.807, 2.05) is 28.5 Å². The summed E-state index contributed by atoms with van der Waals surface area (Å²) in [6.45, 7) is 2.73. The molecule has 1 aromatic carbocycles. The summed E-state index contributed by atoms with van der Waals surface area (Å²) in [5.74, 6) is 1.25. The normalized spacial score (nSPS) is 17.4. The number of methoxy groups -OCH3 is 2. The summed E-state index contributed by atoms with van der Waals surface area (Å²) in [5.41, 5.74) is 1.22. The Bertz CT molecular complexity index is 1040. The molecule has 1 saturated heterocycles. The number of piperidine rings is 1. The largest absolute Gasteiger partial charge is 0.496 e. The molecule has 2 aromatic heterocycles. The van der Waals surface area contributed by atoms with Crippen molar-refractivity contribution in [2.45, 2.75) is 25.8 Å². The van der Waals surface area contributed by atoms with Gasteiger partial charge in [-0.3, -0.25) is 9.59 Å². The Morgan fingerprint density at radius 2 is 2.06 bits per heavy atom. The molecule has 9 heteroatoms. The minimum atomic E-state index is -0.198. The highest BCUT2D eigenvalue weighted by Gasteiger charge is 2.33. The van der Waals surface area contributed by atoms with Gasteiger partial charge in [-0.25, -0.2) is 4.98 Å². The number of nitrogens with zero attached hydrogens (tertiary/aromatic N) is 2. The molecule has 2 atom stereocenters. The van der Waals surface area contributed by atoms with Crippen LogP contribution in [0.15, 0.2) is 29.8 Å². The number of carbonyl (C=O) groups is 2. The zero-order chi connectivity index (χ0) is 22.0. The maximum atomic E-state index is 13.4.